The quantitative estimate of drug-likeness (QED) is 0.317. The molecule has 0 aromatic carbocycles. The van der Waals surface area contributed by atoms with Crippen LogP contribution in [0.1, 0.15) is 6.92 Å². The van der Waals surface area contributed by atoms with Gasteiger partial charge in [0.1, 0.15) is 0 Å². The first kappa shape index (κ1) is 8.36. The van der Waals surface area contributed by atoms with E-state index in [1.165, 1.54) is 29.5 Å². The van der Waals surface area contributed by atoms with Gasteiger partial charge in [0, 0.05) is 22.6 Å². The summed E-state index contributed by atoms with van der Waals surface area (Å²) in [5.74, 6) is -0.535. The number of hydrogen-bond acceptors (Lipinski definition) is 2. The summed E-state index contributed by atoms with van der Waals surface area (Å²) in [5, 5.41) is -0.681. The summed E-state index contributed by atoms with van der Waals surface area (Å²) in [6.45, 7) is 1.47. The van der Waals surface area contributed by atoms with Gasteiger partial charge in [0.05, 0.1) is 5.38 Å². The van der Waals surface area contributed by atoms with Crippen molar-refractivity contribution in [2.24, 2.45) is 0 Å². The fourth-order valence-corrected chi connectivity index (χ4v) is 0.907. The van der Waals surface area contributed by atoms with E-state index in [0.717, 1.165) is 0 Å². The van der Waals surface area contributed by atoms with E-state index < -0.39 is 15.0 Å². The Kier molecular flexibility index (Phi) is 3.55. The number of carbonyl (C=O) groups excluding carboxylic acids is 2. The molecule has 0 radical (unpaired) electrons. The predicted molar refractivity (Wildman–Crippen MR) is 39.3 cm³/mol. The van der Waals surface area contributed by atoms with E-state index in [4.69, 9.17) is 11.6 Å². The maximum atomic E-state index is 10.4. The summed E-state index contributed by atoms with van der Waals surface area (Å²) < 4.78 is -0.509. The van der Waals surface area contributed by atoms with Crippen LogP contribution in [0.25, 0.3) is 0 Å². The van der Waals surface area contributed by atoms with Gasteiger partial charge in [0.2, 0.25) is 5.78 Å². The SMILES string of the molecule is CC(Cl)C(=O)C(=O)I. The summed E-state index contributed by atoms with van der Waals surface area (Å²) >= 11 is 6.66. The minimum absolute atomic E-state index is 0.509. The summed E-state index contributed by atoms with van der Waals surface area (Å²) in [7, 11) is 0. The second kappa shape index (κ2) is 3.40. The first-order valence-corrected chi connectivity index (χ1v) is 3.45. The van der Waals surface area contributed by atoms with Crippen molar-refractivity contribution in [3.05, 3.63) is 0 Å². The van der Waals surface area contributed by atoms with Crippen LogP contribution in [0.3, 0.4) is 0 Å². The highest BCUT2D eigenvalue weighted by molar-refractivity contribution is 14.1. The van der Waals surface area contributed by atoms with Crippen LogP contribution in [0.4, 0.5) is 0 Å². The zero-order valence-corrected chi connectivity index (χ0v) is 7.06. The van der Waals surface area contributed by atoms with Crippen LogP contribution >= 0.6 is 34.2 Å². The number of Topliss-reactive ketones (excluding diaryl/α,β-unsaturated/α-hetero) is 1. The Labute approximate surface area is 65.7 Å². The Hall–Kier alpha value is 0.360. The molecule has 0 saturated carbocycles. The van der Waals surface area contributed by atoms with Gasteiger partial charge in [-0.3, -0.25) is 9.59 Å². The van der Waals surface area contributed by atoms with E-state index >= 15 is 0 Å². The fourth-order valence-electron chi connectivity index (χ4n) is 0.156. The van der Waals surface area contributed by atoms with Gasteiger partial charge in [0.25, 0.3) is 3.79 Å². The zero-order chi connectivity index (χ0) is 6.73. The summed E-state index contributed by atoms with van der Waals surface area (Å²) in [6, 6.07) is 0. The molecular formula is C4H4ClIO2. The van der Waals surface area contributed by atoms with E-state index in [2.05, 4.69) is 0 Å². The van der Waals surface area contributed by atoms with Crippen molar-refractivity contribution in [1.29, 1.82) is 0 Å². The van der Waals surface area contributed by atoms with E-state index in [1.54, 1.807) is 0 Å². The van der Waals surface area contributed by atoms with Crippen molar-refractivity contribution in [3.63, 3.8) is 0 Å². The molecule has 0 N–H and O–H groups in total. The number of ketones is 1. The number of halogens is 2. The number of hydrogen-bond donors (Lipinski definition) is 0. The van der Waals surface area contributed by atoms with Crippen molar-refractivity contribution in [2.75, 3.05) is 0 Å². The molecule has 0 aliphatic heterocycles. The second-order valence-corrected chi connectivity index (χ2v) is 2.89. The van der Waals surface area contributed by atoms with Gasteiger partial charge in [-0.2, -0.15) is 0 Å². The Morgan fingerprint density at radius 2 is 2.00 bits per heavy atom. The van der Waals surface area contributed by atoms with Crippen molar-refractivity contribution >= 4 is 43.8 Å². The van der Waals surface area contributed by atoms with Gasteiger partial charge >= 0.3 is 0 Å². The van der Waals surface area contributed by atoms with Crippen molar-refractivity contribution in [1.82, 2.24) is 0 Å². The molecule has 46 valence electrons. The molecule has 0 aromatic heterocycles. The van der Waals surface area contributed by atoms with Crippen molar-refractivity contribution in [2.45, 2.75) is 12.3 Å². The van der Waals surface area contributed by atoms with Crippen LogP contribution in [0.15, 0.2) is 0 Å². The Morgan fingerprint density at radius 3 is 2.00 bits per heavy atom. The molecule has 0 amide bonds. The third kappa shape index (κ3) is 2.61. The van der Waals surface area contributed by atoms with Gasteiger partial charge in [-0.15, -0.1) is 11.6 Å². The van der Waals surface area contributed by atoms with Crippen LogP contribution in [-0.2, 0) is 9.59 Å². The molecule has 1 unspecified atom stereocenters. The summed E-state index contributed by atoms with van der Waals surface area (Å²) in [5.41, 5.74) is 0. The molecule has 8 heavy (non-hydrogen) atoms. The maximum absolute atomic E-state index is 10.4. The molecule has 0 heterocycles. The van der Waals surface area contributed by atoms with Crippen LogP contribution in [-0.4, -0.2) is 15.0 Å². The molecule has 0 aliphatic rings. The lowest BCUT2D eigenvalue weighted by molar-refractivity contribution is -0.130. The Bertz CT molecular complexity index is 121. The van der Waals surface area contributed by atoms with E-state index in [-0.39, 0.29) is 0 Å². The van der Waals surface area contributed by atoms with E-state index in [0.29, 0.717) is 0 Å². The molecule has 0 aromatic rings. The highest BCUT2D eigenvalue weighted by Crippen LogP contribution is 1.99. The smallest absolute Gasteiger partial charge is 0.259 e. The normalized spacial score (nSPS) is 12.9. The molecule has 0 rings (SSSR count). The van der Waals surface area contributed by atoms with Crippen molar-refractivity contribution in [3.8, 4) is 0 Å². The third-order valence-electron chi connectivity index (χ3n) is 0.555. The lowest BCUT2D eigenvalue weighted by atomic mass is 10.3. The minimum Gasteiger partial charge on any atom is -0.288 e. The van der Waals surface area contributed by atoms with Crippen molar-refractivity contribution < 1.29 is 9.59 Å². The second-order valence-electron chi connectivity index (χ2n) is 1.25. The molecule has 0 spiro atoms. The molecule has 2 nitrogen and oxygen atoms in total. The monoisotopic (exact) mass is 246 g/mol. The lowest BCUT2D eigenvalue weighted by Gasteiger charge is -1.91. The third-order valence-corrected chi connectivity index (χ3v) is 1.28. The van der Waals surface area contributed by atoms with Crippen LogP contribution in [0.2, 0.25) is 0 Å². The fraction of sp³-hybridized carbons (Fsp3) is 0.500. The summed E-state index contributed by atoms with van der Waals surface area (Å²) in [4.78, 5) is 20.5. The molecule has 0 fully saturated rings. The molecule has 0 bridgehead atoms. The van der Waals surface area contributed by atoms with E-state index in [1.807, 2.05) is 0 Å². The average molecular weight is 246 g/mol. The highest BCUT2D eigenvalue weighted by atomic mass is 127. The first-order chi connectivity index (χ1) is 3.55. The van der Waals surface area contributed by atoms with Crippen LogP contribution in [0, 0.1) is 0 Å². The first-order valence-electron chi connectivity index (χ1n) is 1.93. The highest BCUT2D eigenvalue weighted by Gasteiger charge is 2.14. The molecule has 0 aliphatic carbocycles. The number of carbonyl (C=O) groups is 2. The Balaban J connectivity index is 3.84. The predicted octanol–water partition coefficient (Wildman–Crippen LogP) is 1.14. The van der Waals surface area contributed by atoms with Gasteiger partial charge in [-0.25, -0.2) is 0 Å². The molecule has 1 atom stereocenters. The molecule has 4 heteroatoms. The van der Waals surface area contributed by atoms with Gasteiger partial charge < -0.3 is 0 Å². The van der Waals surface area contributed by atoms with Gasteiger partial charge in [-0.1, -0.05) is 0 Å². The largest absolute Gasteiger partial charge is 0.288 e. The molecular weight excluding hydrogens is 242 g/mol. The minimum atomic E-state index is -0.681. The lowest BCUT2D eigenvalue weighted by Crippen LogP contribution is -2.15. The maximum Gasteiger partial charge on any atom is 0.259 e. The van der Waals surface area contributed by atoms with Gasteiger partial charge in [0.15, 0.2) is 0 Å². The topological polar surface area (TPSA) is 34.1 Å². The standard InChI is InChI=1S/C4H4ClIO2/c1-2(5)3(7)4(6)8/h2H,1H3. The van der Waals surface area contributed by atoms with Gasteiger partial charge in [-0.05, 0) is 6.92 Å². The average Bonchev–Trinajstić information content (AvgIpc) is 1.64. The Morgan fingerprint density at radius 1 is 1.62 bits per heavy atom. The zero-order valence-electron chi connectivity index (χ0n) is 4.15. The van der Waals surface area contributed by atoms with Crippen LogP contribution < -0.4 is 0 Å². The van der Waals surface area contributed by atoms with Crippen LogP contribution in [0.5, 0.6) is 0 Å². The number of rotatable bonds is 2. The molecule has 0 saturated heterocycles. The summed E-state index contributed by atoms with van der Waals surface area (Å²) in [6.07, 6.45) is 0. The number of alkyl halides is 1. The van der Waals surface area contributed by atoms with E-state index in [9.17, 15) is 9.59 Å².